The Morgan fingerprint density at radius 3 is 2.52 bits per heavy atom. The van der Waals surface area contributed by atoms with Crippen molar-refractivity contribution in [2.45, 2.75) is 38.6 Å². The van der Waals surface area contributed by atoms with Crippen molar-refractivity contribution < 1.29 is 32.5 Å². The van der Waals surface area contributed by atoms with Crippen LogP contribution in [0.25, 0.3) is 0 Å². The van der Waals surface area contributed by atoms with Crippen molar-refractivity contribution in [2.24, 2.45) is 5.10 Å². The SMILES string of the molecule is CCOc1ccc(CC(=O)N2N=CCC2(O)C(F)(F)F)cc1OCC. The second-order valence-electron chi connectivity index (χ2n) is 5.35. The van der Waals surface area contributed by atoms with Crippen LogP contribution in [-0.4, -0.2) is 47.4 Å². The molecule has 0 fully saturated rings. The highest BCUT2D eigenvalue weighted by Crippen LogP contribution is 2.39. The van der Waals surface area contributed by atoms with Gasteiger partial charge in [0.05, 0.1) is 19.6 Å². The number of alkyl halides is 3. The average Bonchev–Trinajstić information content (AvgIpc) is 2.93. The molecule has 0 bridgehead atoms. The predicted molar refractivity (Wildman–Crippen MR) is 83.4 cm³/mol. The molecule has 1 aliphatic heterocycles. The van der Waals surface area contributed by atoms with Gasteiger partial charge in [-0.1, -0.05) is 6.07 Å². The predicted octanol–water partition coefficient (Wildman–Crippen LogP) is 2.50. The molecule has 1 aliphatic rings. The Labute approximate surface area is 142 Å². The summed E-state index contributed by atoms with van der Waals surface area (Å²) in [6.07, 6.45) is -5.30. The number of hydrogen-bond donors (Lipinski definition) is 1. The van der Waals surface area contributed by atoms with E-state index in [-0.39, 0.29) is 11.4 Å². The second-order valence-corrected chi connectivity index (χ2v) is 5.35. The first-order valence-electron chi connectivity index (χ1n) is 7.76. The van der Waals surface area contributed by atoms with Gasteiger partial charge in [0.1, 0.15) is 0 Å². The van der Waals surface area contributed by atoms with E-state index in [1.807, 2.05) is 0 Å². The van der Waals surface area contributed by atoms with Crippen LogP contribution in [0.3, 0.4) is 0 Å². The van der Waals surface area contributed by atoms with E-state index >= 15 is 0 Å². The molecule has 9 heteroatoms. The highest BCUT2D eigenvalue weighted by Gasteiger charge is 2.61. The van der Waals surface area contributed by atoms with Gasteiger partial charge in [0, 0.05) is 12.6 Å². The van der Waals surface area contributed by atoms with E-state index in [9.17, 15) is 23.1 Å². The van der Waals surface area contributed by atoms with Gasteiger partial charge in [-0.05, 0) is 31.5 Å². The molecule has 1 N–H and O–H groups in total. The number of hydrogen-bond acceptors (Lipinski definition) is 5. The second kappa shape index (κ2) is 7.30. The number of aliphatic hydroxyl groups is 1. The smallest absolute Gasteiger partial charge is 0.438 e. The third-order valence-electron chi connectivity index (χ3n) is 3.58. The van der Waals surface area contributed by atoms with Crippen molar-refractivity contribution in [1.82, 2.24) is 5.01 Å². The summed E-state index contributed by atoms with van der Waals surface area (Å²) in [7, 11) is 0. The molecule has 1 heterocycles. The van der Waals surface area contributed by atoms with Gasteiger partial charge in [0.25, 0.3) is 5.72 Å². The minimum Gasteiger partial charge on any atom is -0.490 e. The van der Waals surface area contributed by atoms with Crippen LogP contribution in [-0.2, 0) is 11.2 Å². The van der Waals surface area contributed by atoms with E-state index in [0.717, 1.165) is 6.21 Å². The van der Waals surface area contributed by atoms with Crippen LogP contribution in [0.1, 0.15) is 25.8 Å². The van der Waals surface area contributed by atoms with E-state index in [4.69, 9.17) is 9.47 Å². The first-order valence-corrected chi connectivity index (χ1v) is 7.76. The van der Waals surface area contributed by atoms with Crippen LogP contribution in [0.5, 0.6) is 11.5 Å². The molecule has 0 aliphatic carbocycles. The number of hydrazone groups is 1. The number of halogens is 3. The first-order chi connectivity index (χ1) is 11.7. The van der Waals surface area contributed by atoms with E-state index in [1.165, 1.54) is 6.07 Å². The topological polar surface area (TPSA) is 71.4 Å². The van der Waals surface area contributed by atoms with Gasteiger partial charge in [-0.15, -0.1) is 0 Å². The molecule has 0 spiro atoms. The van der Waals surface area contributed by atoms with Crippen LogP contribution in [0.2, 0.25) is 0 Å². The number of benzene rings is 1. The van der Waals surface area contributed by atoms with Gasteiger partial charge in [-0.3, -0.25) is 4.79 Å². The van der Waals surface area contributed by atoms with Crippen LogP contribution in [0.4, 0.5) is 13.2 Å². The van der Waals surface area contributed by atoms with Crippen molar-refractivity contribution in [1.29, 1.82) is 0 Å². The van der Waals surface area contributed by atoms with Crippen LogP contribution >= 0.6 is 0 Å². The highest BCUT2D eigenvalue weighted by atomic mass is 19.4. The zero-order chi connectivity index (χ0) is 18.7. The van der Waals surface area contributed by atoms with Crippen LogP contribution < -0.4 is 9.47 Å². The van der Waals surface area contributed by atoms with Crippen LogP contribution in [0.15, 0.2) is 23.3 Å². The Balaban J connectivity index is 2.20. The van der Waals surface area contributed by atoms with Gasteiger partial charge in [-0.2, -0.15) is 23.3 Å². The summed E-state index contributed by atoms with van der Waals surface area (Å²) >= 11 is 0. The number of amides is 1. The number of carbonyl (C=O) groups excluding carboxylic acids is 1. The van der Waals surface area contributed by atoms with E-state index < -0.39 is 24.2 Å². The summed E-state index contributed by atoms with van der Waals surface area (Å²) < 4.78 is 49.9. The molecular formula is C16H19F3N2O4. The van der Waals surface area contributed by atoms with E-state index in [0.29, 0.717) is 30.3 Å². The normalized spacial score (nSPS) is 20.0. The largest absolute Gasteiger partial charge is 0.490 e. The van der Waals surface area contributed by atoms with Crippen molar-refractivity contribution in [3.05, 3.63) is 23.8 Å². The molecule has 25 heavy (non-hydrogen) atoms. The minimum atomic E-state index is -5.01. The maximum Gasteiger partial charge on any atom is 0.438 e. The molecule has 0 saturated heterocycles. The minimum absolute atomic E-state index is 0.0871. The number of carbonyl (C=O) groups is 1. The molecule has 0 aromatic heterocycles. The van der Waals surface area contributed by atoms with Gasteiger partial charge < -0.3 is 14.6 Å². The first kappa shape index (κ1) is 19.0. The summed E-state index contributed by atoms with van der Waals surface area (Å²) in [5.74, 6) is -0.0996. The van der Waals surface area contributed by atoms with Crippen molar-refractivity contribution in [3.63, 3.8) is 0 Å². The summed E-state index contributed by atoms with van der Waals surface area (Å²) in [6, 6.07) is 4.66. The summed E-state index contributed by atoms with van der Waals surface area (Å²) in [5, 5.41) is 13.3. The lowest BCUT2D eigenvalue weighted by atomic mass is 10.1. The quantitative estimate of drug-likeness (QED) is 0.846. The molecule has 2 rings (SSSR count). The monoisotopic (exact) mass is 360 g/mol. The molecule has 6 nitrogen and oxygen atoms in total. The molecular weight excluding hydrogens is 341 g/mol. The maximum absolute atomic E-state index is 13.0. The molecule has 1 amide bonds. The van der Waals surface area contributed by atoms with Crippen molar-refractivity contribution in [3.8, 4) is 11.5 Å². The number of ether oxygens (including phenoxy) is 2. The fraction of sp³-hybridized carbons (Fsp3) is 0.500. The summed E-state index contributed by atoms with van der Waals surface area (Å²) in [5.41, 5.74) is -2.89. The van der Waals surface area contributed by atoms with Gasteiger partial charge >= 0.3 is 6.18 Å². The third kappa shape index (κ3) is 3.87. The average molecular weight is 360 g/mol. The molecule has 138 valence electrons. The lowest BCUT2D eigenvalue weighted by Crippen LogP contribution is -2.56. The van der Waals surface area contributed by atoms with E-state index in [1.54, 1.807) is 26.0 Å². The Hall–Kier alpha value is -2.29. The Morgan fingerprint density at radius 2 is 1.92 bits per heavy atom. The standard InChI is InChI=1S/C16H19F3N2O4/c1-3-24-12-6-5-11(9-13(12)25-4-2)10-14(22)21-15(23,7-8-20-21)16(17,18)19/h5-6,8-9,23H,3-4,7,10H2,1-2H3. The zero-order valence-electron chi connectivity index (χ0n) is 13.8. The summed E-state index contributed by atoms with van der Waals surface area (Å²) in [4.78, 5) is 12.2. The Kier molecular flexibility index (Phi) is 5.56. The molecule has 1 atom stereocenters. The fourth-order valence-electron chi connectivity index (χ4n) is 2.39. The highest BCUT2D eigenvalue weighted by molar-refractivity contribution is 5.82. The van der Waals surface area contributed by atoms with Gasteiger partial charge in [0.2, 0.25) is 5.91 Å². The van der Waals surface area contributed by atoms with E-state index in [2.05, 4.69) is 5.10 Å². The summed E-state index contributed by atoms with van der Waals surface area (Å²) in [6.45, 7) is 4.35. The molecule has 1 aromatic carbocycles. The fourth-order valence-corrected chi connectivity index (χ4v) is 2.39. The van der Waals surface area contributed by atoms with Crippen LogP contribution in [0, 0.1) is 0 Å². The molecule has 0 radical (unpaired) electrons. The van der Waals surface area contributed by atoms with Gasteiger partial charge in [0.15, 0.2) is 11.5 Å². The lowest BCUT2D eigenvalue weighted by Gasteiger charge is -2.32. The van der Waals surface area contributed by atoms with Gasteiger partial charge in [-0.25, -0.2) is 0 Å². The Morgan fingerprint density at radius 1 is 1.28 bits per heavy atom. The lowest BCUT2D eigenvalue weighted by molar-refractivity contribution is -0.302. The van der Waals surface area contributed by atoms with Crippen molar-refractivity contribution >= 4 is 12.1 Å². The third-order valence-corrected chi connectivity index (χ3v) is 3.58. The Bertz CT molecular complexity index is 663. The maximum atomic E-state index is 13.0. The molecule has 0 saturated carbocycles. The molecule has 1 aromatic rings. The zero-order valence-corrected chi connectivity index (χ0v) is 13.8. The molecule has 1 unspecified atom stereocenters. The number of rotatable bonds is 6. The van der Waals surface area contributed by atoms with Crippen molar-refractivity contribution in [2.75, 3.05) is 13.2 Å². The number of nitrogens with zero attached hydrogens (tertiary/aromatic N) is 2.